The Hall–Kier alpha value is -2.21. The van der Waals surface area contributed by atoms with E-state index in [-0.39, 0.29) is 17.4 Å². The molecule has 2 saturated carbocycles. The van der Waals surface area contributed by atoms with Gasteiger partial charge in [0.1, 0.15) is 0 Å². The third-order valence-corrected chi connectivity index (χ3v) is 5.70. The Balaban J connectivity index is 1.38. The number of aromatic nitrogens is 3. The number of rotatable bonds is 6. The molecule has 0 unspecified atom stereocenters. The van der Waals surface area contributed by atoms with Crippen molar-refractivity contribution in [1.82, 2.24) is 20.3 Å². The lowest BCUT2D eigenvalue weighted by Crippen LogP contribution is -2.67. The highest BCUT2D eigenvalue weighted by molar-refractivity contribution is 5.92. The number of ether oxygens (including phenoxy) is 1. The van der Waals surface area contributed by atoms with Crippen LogP contribution in [-0.2, 0) is 11.3 Å². The average molecular weight is 340 g/mol. The normalized spacial score (nSPS) is 23.7. The van der Waals surface area contributed by atoms with Gasteiger partial charge in [0.2, 0.25) is 0 Å². The molecule has 1 aromatic carbocycles. The molecule has 0 bridgehead atoms. The Morgan fingerprint density at radius 3 is 2.84 bits per heavy atom. The quantitative estimate of drug-likeness (QED) is 0.877. The summed E-state index contributed by atoms with van der Waals surface area (Å²) in [5.74, 6) is -0.134. The molecule has 0 aliphatic heterocycles. The van der Waals surface area contributed by atoms with Crippen LogP contribution >= 0.6 is 0 Å². The van der Waals surface area contributed by atoms with Crippen LogP contribution in [-0.4, -0.2) is 39.7 Å². The van der Waals surface area contributed by atoms with E-state index in [9.17, 15) is 4.79 Å². The number of carbonyl (C=O) groups is 1. The van der Waals surface area contributed by atoms with Crippen molar-refractivity contribution in [2.75, 3.05) is 6.61 Å². The first-order valence-electron chi connectivity index (χ1n) is 9.08. The predicted octanol–water partition coefficient (Wildman–Crippen LogP) is 2.40. The summed E-state index contributed by atoms with van der Waals surface area (Å²) in [5.41, 5.74) is 1.67. The van der Waals surface area contributed by atoms with Gasteiger partial charge in [-0.05, 0) is 31.7 Å². The molecule has 6 nitrogen and oxygen atoms in total. The Kier molecular flexibility index (Phi) is 4.29. The summed E-state index contributed by atoms with van der Waals surface area (Å²) in [6, 6.07) is 10.2. The Bertz CT molecular complexity index is 739. The van der Waals surface area contributed by atoms with Crippen LogP contribution in [0.1, 0.15) is 48.7 Å². The minimum absolute atomic E-state index is 0.134. The molecule has 4 rings (SSSR count). The summed E-state index contributed by atoms with van der Waals surface area (Å²) < 4.78 is 7.54. The Morgan fingerprint density at radius 2 is 2.16 bits per heavy atom. The fraction of sp³-hybridized carbons (Fsp3) is 0.526. The van der Waals surface area contributed by atoms with Crippen LogP contribution in [0.4, 0.5) is 0 Å². The second-order valence-corrected chi connectivity index (χ2v) is 7.08. The summed E-state index contributed by atoms with van der Waals surface area (Å²) >= 11 is 0. The fourth-order valence-corrected chi connectivity index (χ4v) is 4.12. The molecule has 1 aromatic heterocycles. The third-order valence-electron chi connectivity index (χ3n) is 5.70. The summed E-state index contributed by atoms with van der Waals surface area (Å²) in [7, 11) is 0. The number of hydrogen-bond donors (Lipinski definition) is 1. The van der Waals surface area contributed by atoms with Gasteiger partial charge in [0.25, 0.3) is 5.91 Å². The van der Waals surface area contributed by atoms with Crippen molar-refractivity contribution < 1.29 is 9.53 Å². The van der Waals surface area contributed by atoms with Crippen molar-refractivity contribution in [1.29, 1.82) is 0 Å². The predicted molar refractivity (Wildman–Crippen MR) is 93.1 cm³/mol. The molecule has 1 spiro atoms. The standard InChI is InChI=1S/C19H24N4O2/c1-2-25-17-11-16(19(17)9-6-10-19)20-18(24)15-13-23(22-21-15)12-14-7-4-3-5-8-14/h3-5,7-8,13,16-17H,2,6,9-12H2,1H3,(H,20,24)/t16-,17-/m1/s1. The lowest BCUT2D eigenvalue weighted by Gasteiger charge is -2.60. The van der Waals surface area contributed by atoms with Gasteiger partial charge in [-0.3, -0.25) is 4.79 Å². The van der Waals surface area contributed by atoms with E-state index < -0.39 is 0 Å². The van der Waals surface area contributed by atoms with Gasteiger partial charge >= 0.3 is 0 Å². The molecular weight excluding hydrogens is 316 g/mol. The maximum absolute atomic E-state index is 12.5. The van der Waals surface area contributed by atoms with Crippen LogP contribution in [0.25, 0.3) is 0 Å². The van der Waals surface area contributed by atoms with E-state index >= 15 is 0 Å². The first kappa shape index (κ1) is 16.3. The minimum atomic E-state index is -0.134. The van der Waals surface area contributed by atoms with Crippen molar-refractivity contribution in [3.8, 4) is 0 Å². The first-order chi connectivity index (χ1) is 12.2. The van der Waals surface area contributed by atoms with Crippen molar-refractivity contribution in [2.45, 2.75) is 51.3 Å². The van der Waals surface area contributed by atoms with E-state index in [1.165, 1.54) is 6.42 Å². The molecule has 1 heterocycles. The second kappa shape index (κ2) is 6.59. The lowest BCUT2D eigenvalue weighted by atomic mass is 9.51. The van der Waals surface area contributed by atoms with Gasteiger partial charge in [-0.15, -0.1) is 5.10 Å². The monoisotopic (exact) mass is 340 g/mol. The van der Waals surface area contributed by atoms with Crippen molar-refractivity contribution in [3.63, 3.8) is 0 Å². The molecule has 132 valence electrons. The highest BCUT2D eigenvalue weighted by Gasteiger charge is 2.59. The van der Waals surface area contributed by atoms with E-state index in [0.717, 1.165) is 31.4 Å². The zero-order valence-corrected chi connectivity index (χ0v) is 14.5. The average Bonchev–Trinajstić information content (AvgIpc) is 3.01. The van der Waals surface area contributed by atoms with E-state index in [4.69, 9.17) is 4.74 Å². The molecule has 6 heteroatoms. The zero-order valence-electron chi connectivity index (χ0n) is 14.5. The Morgan fingerprint density at radius 1 is 1.36 bits per heavy atom. The molecule has 2 aliphatic carbocycles. The van der Waals surface area contributed by atoms with E-state index in [1.807, 2.05) is 37.3 Å². The van der Waals surface area contributed by atoms with Crippen LogP contribution < -0.4 is 5.32 Å². The zero-order chi connectivity index (χ0) is 17.3. The maximum Gasteiger partial charge on any atom is 0.273 e. The van der Waals surface area contributed by atoms with E-state index in [1.54, 1.807) is 10.9 Å². The van der Waals surface area contributed by atoms with Crippen LogP contribution in [0.3, 0.4) is 0 Å². The van der Waals surface area contributed by atoms with Gasteiger partial charge in [0.05, 0.1) is 18.8 Å². The van der Waals surface area contributed by atoms with E-state index in [0.29, 0.717) is 18.3 Å². The molecule has 2 aromatic rings. The number of amides is 1. The lowest BCUT2D eigenvalue weighted by molar-refractivity contribution is -0.169. The molecule has 1 amide bonds. The summed E-state index contributed by atoms with van der Waals surface area (Å²) in [4.78, 5) is 12.5. The number of hydrogen-bond acceptors (Lipinski definition) is 4. The summed E-state index contributed by atoms with van der Waals surface area (Å²) in [6.45, 7) is 3.38. The van der Waals surface area contributed by atoms with Crippen LogP contribution in [0.2, 0.25) is 0 Å². The van der Waals surface area contributed by atoms with Crippen molar-refractivity contribution in [3.05, 3.63) is 47.8 Å². The topological polar surface area (TPSA) is 69.0 Å². The van der Waals surface area contributed by atoms with Crippen LogP contribution in [0, 0.1) is 5.41 Å². The highest BCUT2D eigenvalue weighted by atomic mass is 16.5. The van der Waals surface area contributed by atoms with E-state index in [2.05, 4.69) is 15.6 Å². The highest BCUT2D eigenvalue weighted by Crippen LogP contribution is 2.57. The fourth-order valence-electron chi connectivity index (χ4n) is 4.12. The minimum Gasteiger partial charge on any atom is -0.378 e. The maximum atomic E-state index is 12.5. The summed E-state index contributed by atoms with van der Waals surface area (Å²) in [5, 5.41) is 11.3. The number of carbonyl (C=O) groups excluding carboxylic acids is 1. The van der Waals surface area contributed by atoms with Gasteiger partial charge in [0.15, 0.2) is 5.69 Å². The van der Waals surface area contributed by atoms with Gasteiger partial charge in [-0.2, -0.15) is 0 Å². The third kappa shape index (κ3) is 2.95. The van der Waals surface area contributed by atoms with Crippen molar-refractivity contribution >= 4 is 5.91 Å². The molecular formula is C19H24N4O2. The molecule has 2 fully saturated rings. The van der Waals surface area contributed by atoms with Gasteiger partial charge in [0, 0.05) is 18.1 Å². The second-order valence-electron chi connectivity index (χ2n) is 7.08. The van der Waals surface area contributed by atoms with Gasteiger partial charge in [-0.25, -0.2) is 4.68 Å². The number of benzene rings is 1. The molecule has 25 heavy (non-hydrogen) atoms. The molecule has 2 aliphatic rings. The summed E-state index contributed by atoms with van der Waals surface area (Å²) in [6.07, 6.45) is 6.42. The van der Waals surface area contributed by atoms with Gasteiger partial charge < -0.3 is 10.1 Å². The molecule has 0 saturated heterocycles. The molecule has 1 N–H and O–H groups in total. The Labute approximate surface area is 147 Å². The number of nitrogens with zero attached hydrogens (tertiary/aromatic N) is 3. The van der Waals surface area contributed by atoms with Crippen molar-refractivity contribution in [2.24, 2.45) is 5.41 Å². The van der Waals surface area contributed by atoms with Crippen LogP contribution in [0.5, 0.6) is 0 Å². The van der Waals surface area contributed by atoms with Crippen LogP contribution in [0.15, 0.2) is 36.5 Å². The largest absolute Gasteiger partial charge is 0.378 e. The van der Waals surface area contributed by atoms with Gasteiger partial charge in [-0.1, -0.05) is 42.0 Å². The number of nitrogens with one attached hydrogen (secondary N) is 1. The molecule has 0 radical (unpaired) electrons. The first-order valence-corrected chi connectivity index (χ1v) is 9.08. The SMILES string of the molecule is CCO[C@@H]1C[C@@H](NC(=O)c2cn(Cc3ccccc3)nn2)C12CCC2. The smallest absolute Gasteiger partial charge is 0.273 e. The molecule has 2 atom stereocenters.